The summed E-state index contributed by atoms with van der Waals surface area (Å²) < 4.78 is 27.5. The van der Waals surface area contributed by atoms with E-state index in [1.54, 1.807) is 0 Å². The van der Waals surface area contributed by atoms with E-state index in [0.717, 1.165) is 6.54 Å². The van der Waals surface area contributed by atoms with Crippen LogP contribution in [0.25, 0.3) is 0 Å². The lowest BCUT2D eigenvalue weighted by Crippen LogP contribution is -2.59. The Balaban J connectivity index is 2.15. The summed E-state index contributed by atoms with van der Waals surface area (Å²) in [6.07, 6.45) is 4.28. The first-order valence-electron chi connectivity index (χ1n) is 6.48. The zero-order chi connectivity index (χ0) is 14.3. The second-order valence-electron chi connectivity index (χ2n) is 5.97. The lowest BCUT2D eigenvalue weighted by molar-refractivity contribution is 0.0442. The van der Waals surface area contributed by atoms with E-state index in [2.05, 4.69) is 37.6 Å². The summed E-state index contributed by atoms with van der Waals surface area (Å²) in [6, 6.07) is 0.201. The van der Waals surface area contributed by atoms with Crippen LogP contribution in [-0.2, 0) is 10.2 Å². The van der Waals surface area contributed by atoms with Crippen LogP contribution in [0.5, 0.6) is 0 Å². The summed E-state index contributed by atoms with van der Waals surface area (Å²) in [7, 11) is -3.46. The Morgan fingerprint density at radius 3 is 2.42 bits per heavy atom. The molecule has 1 aliphatic rings. The molecule has 108 valence electrons. The molecule has 2 rings (SSSR count). The number of imidazole rings is 1. The Bertz CT molecular complexity index is 518. The minimum Gasteiger partial charge on any atom is -0.293 e. The van der Waals surface area contributed by atoms with Gasteiger partial charge in [0, 0.05) is 43.6 Å². The average molecular weight is 286 g/mol. The van der Waals surface area contributed by atoms with Gasteiger partial charge < -0.3 is 0 Å². The van der Waals surface area contributed by atoms with E-state index >= 15 is 0 Å². The molecular formula is C12H22N4O2S. The van der Waals surface area contributed by atoms with Crippen molar-refractivity contribution in [2.75, 3.05) is 19.6 Å². The Morgan fingerprint density at radius 2 is 1.95 bits per heavy atom. The van der Waals surface area contributed by atoms with Crippen molar-refractivity contribution < 1.29 is 8.42 Å². The third-order valence-corrected chi connectivity index (χ3v) is 5.26. The van der Waals surface area contributed by atoms with Crippen LogP contribution in [-0.4, -0.2) is 57.8 Å². The molecule has 0 N–H and O–H groups in total. The second-order valence-corrected chi connectivity index (χ2v) is 7.81. The van der Waals surface area contributed by atoms with Crippen molar-refractivity contribution in [2.45, 2.75) is 39.3 Å². The smallest absolute Gasteiger partial charge is 0.293 e. The zero-order valence-corrected chi connectivity index (χ0v) is 12.8. The van der Waals surface area contributed by atoms with E-state index in [4.69, 9.17) is 0 Å². The highest BCUT2D eigenvalue weighted by atomic mass is 32.2. The number of aromatic nitrogens is 2. The molecule has 0 radical (unpaired) electrons. The molecule has 1 aliphatic heterocycles. The highest BCUT2D eigenvalue weighted by Gasteiger charge is 2.36. The molecule has 2 heterocycles. The van der Waals surface area contributed by atoms with Crippen molar-refractivity contribution in [3.05, 3.63) is 18.7 Å². The van der Waals surface area contributed by atoms with Crippen LogP contribution in [0.3, 0.4) is 0 Å². The molecule has 1 aromatic heterocycles. The molecule has 1 aromatic rings. The van der Waals surface area contributed by atoms with Gasteiger partial charge in [0.2, 0.25) is 0 Å². The van der Waals surface area contributed by atoms with E-state index < -0.39 is 10.2 Å². The normalized spacial score (nSPS) is 23.7. The van der Waals surface area contributed by atoms with Gasteiger partial charge in [-0.25, -0.2) is 8.96 Å². The summed E-state index contributed by atoms with van der Waals surface area (Å²) in [4.78, 5) is 6.14. The van der Waals surface area contributed by atoms with Crippen LogP contribution in [0.2, 0.25) is 0 Å². The van der Waals surface area contributed by atoms with Gasteiger partial charge in [-0.15, -0.1) is 0 Å². The largest absolute Gasteiger partial charge is 0.308 e. The molecule has 0 spiro atoms. The van der Waals surface area contributed by atoms with E-state index in [-0.39, 0.29) is 11.6 Å². The zero-order valence-electron chi connectivity index (χ0n) is 11.9. The molecule has 19 heavy (non-hydrogen) atoms. The minimum absolute atomic E-state index is 0.0598. The van der Waals surface area contributed by atoms with Crippen LogP contribution < -0.4 is 0 Å². The maximum absolute atomic E-state index is 12.4. The van der Waals surface area contributed by atoms with E-state index in [1.807, 2.05) is 0 Å². The number of nitrogens with zero attached hydrogens (tertiary/aromatic N) is 4. The summed E-state index contributed by atoms with van der Waals surface area (Å²) in [5.74, 6) is 0. The van der Waals surface area contributed by atoms with Crippen molar-refractivity contribution >= 4 is 10.2 Å². The first-order valence-corrected chi connectivity index (χ1v) is 7.88. The molecule has 0 aromatic carbocycles. The highest BCUT2D eigenvalue weighted by Crippen LogP contribution is 2.22. The molecule has 0 bridgehead atoms. The maximum atomic E-state index is 12.4. The van der Waals surface area contributed by atoms with Crippen LogP contribution >= 0.6 is 0 Å². The standard InChI is InChI=1S/C12H22N4O2S/c1-11-9-14(7-8-16(11)12(2,3)4)19(17,18)15-6-5-13-10-15/h5-6,10-11H,7-9H2,1-4H3/t11-/m0/s1. The fourth-order valence-electron chi connectivity index (χ4n) is 2.65. The lowest BCUT2D eigenvalue weighted by atomic mass is 10.0. The first kappa shape index (κ1) is 14.5. The van der Waals surface area contributed by atoms with Crippen molar-refractivity contribution in [1.29, 1.82) is 0 Å². The first-order chi connectivity index (χ1) is 8.73. The van der Waals surface area contributed by atoms with Crippen molar-refractivity contribution in [2.24, 2.45) is 0 Å². The lowest BCUT2D eigenvalue weighted by Gasteiger charge is -2.46. The predicted molar refractivity (Wildman–Crippen MR) is 74.0 cm³/mol. The van der Waals surface area contributed by atoms with Crippen LogP contribution in [0.4, 0.5) is 0 Å². The minimum atomic E-state index is -3.46. The van der Waals surface area contributed by atoms with Gasteiger partial charge in [0.15, 0.2) is 0 Å². The Labute approximate surface area is 115 Å². The van der Waals surface area contributed by atoms with Crippen LogP contribution in [0.1, 0.15) is 27.7 Å². The molecule has 1 fully saturated rings. The van der Waals surface area contributed by atoms with Gasteiger partial charge in [-0.1, -0.05) is 0 Å². The average Bonchev–Trinajstić information content (AvgIpc) is 2.80. The Morgan fingerprint density at radius 1 is 1.26 bits per heavy atom. The van der Waals surface area contributed by atoms with Gasteiger partial charge in [0.05, 0.1) is 0 Å². The summed E-state index contributed by atoms with van der Waals surface area (Å²) in [5.41, 5.74) is 0.0598. The summed E-state index contributed by atoms with van der Waals surface area (Å²) in [6.45, 7) is 10.3. The third-order valence-electron chi connectivity index (χ3n) is 3.52. The second kappa shape index (κ2) is 4.88. The number of hydrogen-bond acceptors (Lipinski definition) is 4. The number of piperazine rings is 1. The molecule has 0 unspecified atom stereocenters. The van der Waals surface area contributed by atoms with Gasteiger partial charge in [0.1, 0.15) is 6.33 Å². The molecular weight excluding hydrogens is 264 g/mol. The fraction of sp³-hybridized carbons (Fsp3) is 0.750. The third kappa shape index (κ3) is 2.82. The summed E-state index contributed by atoms with van der Waals surface area (Å²) in [5, 5.41) is 0. The molecule has 0 amide bonds. The number of hydrogen-bond donors (Lipinski definition) is 0. The van der Waals surface area contributed by atoms with Gasteiger partial charge in [-0.2, -0.15) is 12.7 Å². The van der Waals surface area contributed by atoms with Crippen LogP contribution in [0.15, 0.2) is 18.7 Å². The topological polar surface area (TPSA) is 58.4 Å². The van der Waals surface area contributed by atoms with Gasteiger partial charge >= 0.3 is 10.2 Å². The molecule has 6 nitrogen and oxygen atoms in total. The van der Waals surface area contributed by atoms with Crippen molar-refractivity contribution in [3.63, 3.8) is 0 Å². The van der Waals surface area contributed by atoms with E-state index in [0.29, 0.717) is 13.1 Å². The molecule has 0 saturated carbocycles. The van der Waals surface area contributed by atoms with Gasteiger partial charge in [0.25, 0.3) is 0 Å². The number of rotatable bonds is 2. The SMILES string of the molecule is C[C@H]1CN(S(=O)(=O)n2ccnc2)CCN1C(C)(C)C. The predicted octanol–water partition coefficient (Wildman–Crippen LogP) is 0.781. The highest BCUT2D eigenvalue weighted by molar-refractivity contribution is 7.87. The van der Waals surface area contributed by atoms with Crippen LogP contribution in [0, 0.1) is 0 Å². The van der Waals surface area contributed by atoms with Crippen molar-refractivity contribution in [1.82, 2.24) is 18.2 Å². The van der Waals surface area contributed by atoms with Gasteiger partial charge in [-0.3, -0.25) is 4.90 Å². The monoisotopic (exact) mass is 286 g/mol. The summed E-state index contributed by atoms with van der Waals surface area (Å²) >= 11 is 0. The van der Waals surface area contributed by atoms with E-state index in [9.17, 15) is 8.42 Å². The molecule has 7 heteroatoms. The molecule has 0 aliphatic carbocycles. The fourth-order valence-corrected chi connectivity index (χ4v) is 4.01. The molecule has 1 atom stereocenters. The maximum Gasteiger partial charge on any atom is 0.308 e. The molecule has 1 saturated heterocycles. The Hall–Kier alpha value is -0.920. The van der Waals surface area contributed by atoms with Gasteiger partial charge in [-0.05, 0) is 27.7 Å². The Kier molecular flexibility index (Phi) is 3.72. The van der Waals surface area contributed by atoms with E-state index in [1.165, 1.54) is 27.0 Å². The van der Waals surface area contributed by atoms with Crippen molar-refractivity contribution in [3.8, 4) is 0 Å². The quantitative estimate of drug-likeness (QED) is 0.806.